The number of nitrogen functional groups attached to an aromatic ring is 1. The second-order valence-corrected chi connectivity index (χ2v) is 2.24. The SMILES string of the molecule is [2H]N([2H])c1cc2ccccc2[nH]1. The number of nitrogens with two attached hydrogens (primary N) is 1. The van der Waals surface area contributed by atoms with Gasteiger partial charge >= 0.3 is 0 Å². The summed E-state index contributed by atoms with van der Waals surface area (Å²) in [7, 11) is 0. The topological polar surface area (TPSA) is 41.8 Å². The Kier molecular flexibility index (Phi) is 0.648. The van der Waals surface area contributed by atoms with Crippen LogP contribution in [-0.4, -0.2) is 4.98 Å². The molecule has 0 spiro atoms. The Bertz CT molecular complexity index is 362. The molecule has 0 bridgehead atoms. The molecule has 3 N–H and O–H groups in total. The standard InChI is InChI=1S/C8H8N2/c9-8-5-6-3-1-2-4-7(6)10-8/h1-5,10H,9H2/i/hD2. The molecule has 0 aliphatic heterocycles. The van der Waals surface area contributed by atoms with Crippen molar-refractivity contribution in [2.24, 2.45) is 0 Å². The zero-order chi connectivity index (χ0) is 8.55. The van der Waals surface area contributed by atoms with Crippen molar-refractivity contribution < 1.29 is 2.82 Å². The van der Waals surface area contributed by atoms with Crippen LogP contribution in [0.2, 0.25) is 2.82 Å². The summed E-state index contributed by atoms with van der Waals surface area (Å²) in [5.74, 6) is 0.483. The fourth-order valence-electron chi connectivity index (χ4n) is 1.06. The summed E-state index contributed by atoms with van der Waals surface area (Å²) < 4.78 is 14.0. The summed E-state index contributed by atoms with van der Waals surface area (Å²) in [6, 6.07) is 9.48. The number of aromatic amines is 1. The molecule has 0 aliphatic carbocycles. The van der Waals surface area contributed by atoms with Gasteiger partial charge in [-0.25, -0.2) is 0 Å². The van der Waals surface area contributed by atoms with Gasteiger partial charge in [0.05, 0.1) is 0 Å². The first-order chi connectivity index (χ1) is 5.77. The molecular weight excluding hydrogens is 124 g/mol. The van der Waals surface area contributed by atoms with Crippen molar-refractivity contribution >= 4 is 16.7 Å². The van der Waals surface area contributed by atoms with Crippen LogP contribution in [0.4, 0.5) is 5.82 Å². The fraction of sp³-hybridized carbons (Fsp3) is 0. The zero-order valence-electron chi connectivity index (χ0n) is 7.33. The summed E-state index contributed by atoms with van der Waals surface area (Å²) in [5.41, 5.74) is 1.52. The molecule has 0 amide bonds. The number of hydrogen-bond donors (Lipinski definition) is 2. The minimum Gasteiger partial charge on any atom is -0.385 e. The van der Waals surface area contributed by atoms with Crippen LogP contribution in [0.1, 0.15) is 0 Å². The maximum absolute atomic E-state index is 7.02. The molecule has 2 nitrogen and oxygen atoms in total. The van der Waals surface area contributed by atoms with Crippen molar-refractivity contribution in [3.05, 3.63) is 30.3 Å². The van der Waals surface area contributed by atoms with Gasteiger partial charge in [0.1, 0.15) is 5.82 Å². The van der Waals surface area contributed by atoms with Gasteiger partial charge in [-0.05, 0) is 12.1 Å². The highest BCUT2D eigenvalue weighted by molar-refractivity contribution is 5.82. The van der Waals surface area contributed by atoms with Crippen LogP contribution in [0.3, 0.4) is 0 Å². The molecule has 1 aromatic heterocycles. The molecule has 0 unspecified atom stereocenters. The van der Waals surface area contributed by atoms with Gasteiger partial charge in [0.2, 0.25) is 0 Å². The lowest BCUT2D eigenvalue weighted by molar-refractivity contribution is 1.47. The van der Waals surface area contributed by atoms with Crippen molar-refractivity contribution in [2.45, 2.75) is 0 Å². The highest BCUT2D eigenvalue weighted by Gasteiger charge is 1.92. The van der Waals surface area contributed by atoms with Gasteiger partial charge in [-0.3, -0.25) is 0 Å². The molecule has 0 fully saturated rings. The van der Waals surface area contributed by atoms with Crippen LogP contribution in [0.5, 0.6) is 0 Å². The van der Waals surface area contributed by atoms with Crippen LogP contribution < -0.4 is 5.72 Å². The largest absolute Gasteiger partial charge is 0.385 e. The lowest BCUT2D eigenvalue weighted by Gasteiger charge is -1.83. The molecule has 0 atom stereocenters. The van der Waals surface area contributed by atoms with Crippen LogP contribution in [-0.2, 0) is 0 Å². The Morgan fingerprint density at radius 1 is 1.40 bits per heavy atom. The highest BCUT2D eigenvalue weighted by atomic mass is 14.8. The molecule has 50 valence electrons. The van der Waals surface area contributed by atoms with E-state index in [1.807, 2.05) is 24.3 Å². The number of H-pyrrole nitrogens is 1. The third kappa shape index (κ3) is 0.658. The molecule has 2 aromatic rings. The number of hydrogen-bond acceptors (Lipinski definition) is 1. The lowest BCUT2D eigenvalue weighted by Crippen LogP contribution is -1.80. The van der Waals surface area contributed by atoms with Gasteiger partial charge in [0.25, 0.3) is 0 Å². The molecule has 0 saturated carbocycles. The van der Waals surface area contributed by atoms with Crippen molar-refractivity contribution in [2.75, 3.05) is 5.72 Å². The van der Waals surface area contributed by atoms with Gasteiger partial charge < -0.3 is 10.7 Å². The number of fused-ring (bicyclic) bond motifs is 1. The maximum Gasteiger partial charge on any atom is 0.158 e. The second-order valence-electron chi connectivity index (χ2n) is 2.24. The minimum atomic E-state index is 0.483. The number of rotatable bonds is 1. The average Bonchev–Trinajstić information content (AvgIpc) is 2.46. The molecule has 1 aromatic carbocycles. The van der Waals surface area contributed by atoms with E-state index in [1.54, 1.807) is 6.07 Å². The maximum atomic E-state index is 7.02. The average molecular weight is 134 g/mol. The molecule has 0 saturated heterocycles. The van der Waals surface area contributed by atoms with Crippen LogP contribution in [0.15, 0.2) is 30.3 Å². The predicted molar refractivity (Wildman–Crippen MR) is 42.7 cm³/mol. The third-order valence-electron chi connectivity index (χ3n) is 1.52. The summed E-state index contributed by atoms with van der Waals surface area (Å²) >= 11 is 0. The Balaban J connectivity index is 2.62. The van der Waals surface area contributed by atoms with E-state index in [9.17, 15) is 0 Å². The summed E-state index contributed by atoms with van der Waals surface area (Å²) in [5, 5.41) is 1.03. The normalized spacial score (nSPS) is 12.8. The molecule has 2 heteroatoms. The van der Waals surface area contributed by atoms with Crippen LogP contribution >= 0.6 is 0 Å². The fourth-order valence-corrected chi connectivity index (χ4v) is 1.06. The number of anilines is 1. The van der Waals surface area contributed by atoms with Gasteiger partial charge in [-0.2, -0.15) is 0 Å². The van der Waals surface area contributed by atoms with E-state index in [-0.39, 0.29) is 0 Å². The van der Waals surface area contributed by atoms with E-state index >= 15 is 0 Å². The first kappa shape index (κ1) is 3.66. The molecule has 10 heavy (non-hydrogen) atoms. The van der Waals surface area contributed by atoms with Crippen LogP contribution in [0.25, 0.3) is 10.9 Å². The molecule has 2 rings (SSSR count). The van der Waals surface area contributed by atoms with Gasteiger partial charge in [-0.15, -0.1) is 0 Å². The monoisotopic (exact) mass is 134 g/mol. The van der Waals surface area contributed by atoms with Gasteiger partial charge in [-0.1, -0.05) is 18.2 Å². The van der Waals surface area contributed by atoms with Crippen molar-refractivity contribution in [3.63, 3.8) is 0 Å². The Labute approximate surface area is 61.6 Å². The predicted octanol–water partition coefficient (Wildman–Crippen LogP) is 1.75. The van der Waals surface area contributed by atoms with Crippen molar-refractivity contribution in [1.82, 2.24) is 4.98 Å². The summed E-state index contributed by atoms with van der Waals surface area (Å²) in [6.45, 7) is 0. The highest BCUT2D eigenvalue weighted by Crippen LogP contribution is 2.14. The number of para-hydroxylation sites is 1. The summed E-state index contributed by atoms with van der Waals surface area (Å²) in [6.07, 6.45) is 0. The van der Waals surface area contributed by atoms with E-state index in [4.69, 9.17) is 2.82 Å². The molecule has 1 heterocycles. The molecule has 0 aliphatic rings. The smallest absolute Gasteiger partial charge is 0.158 e. The van der Waals surface area contributed by atoms with E-state index in [1.165, 1.54) is 0 Å². The number of benzene rings is 1. The first-order valence-electron chi connectivity index (χ1n) is 4.02. The Morgan fingerprint density at radius 2 is 2.30 bits per heavy atom. The quantitative estimate of drug-likeness (QED) is 0.613. The van der Waals surface area contributed by atoms with Crippen molar-refractivity contribution in [1.29, 1.82) is 0 Å². The summed E-state index contributed by atoms with van der Waals surface area (Å²) in [4.78, 5) is 2.95. The zero-order valence-corrected chi connectivity index (χ0v) is 5.33. The number of nitrogens with one attached hydrogen (secondary N) is 1. The van der Waals surface area contributed by atoms with Crippen molar-refractivity contribution in [3.8, 4) is 0 Å². The van der Waals surface area contributed by atoms with E-state index in [0.29, 0.717) is 11.5 Å². The molecule has 0 radical (unpaired) electrons. The minimum absolute atomic E-state index is 0.483. The third-order valence-corrected chi connectivity index (χ3v) is 1.52. The van der Waals surface area contributed by atoms with E-state index < -0.39 is 0 Å². The van der Waals surface area contributed by atoms with Gasteiger partial charge in [0.15, 0.2) is 2.82 Å². The Hall–Kier alpha value is -1.44. The van der Waals surface area contributed by atoms with E-state index in [0.717, 1.165) is 10.9 Å². The first-order valence-corrected chi connectivity index (χ1v) is 3.13. The van der Waals surface area contributed by atoms with Gasteiger partial charge in [0, 0.05) is 10.9 Å². The number of aromatic nitrogens is 1. The Morgan fingerprint density at radius 3 is 3.10 bits per heavy atom. The lowest BCUT2D eigenvalue weighted by atomic mass is 10.3. The van der Waals surface area contributed by atoms with Crippen LogP contribution in [0, 0.1) is 0 Å². The second kappa shape index (κ2) is 1.77. The molecular formula is C8H8N2. The van der Waals surface area contributed by atoms with E-state index in [2.05, 4.69) is 4.98 Å².